The Morgan fingerprint density at radius 2 is 1.79 bits per heavy atom. The maximum atomic E-state index is 14.7. The quantitative estimate of drug-likeness (QED) is 0.184. The summed E-state index contributed by atoms with van der Waals surface area (Å²) >= 11 is 6.34. The number of halogens is 5. The number of guanidine groups is 1. The number of alkyl halides is 4. The fourth-order valence-electron chi connectivity index (χ4n) is 5.64. The number of nitrogens with one attached hydrogen (secondary N) is 1. The number of hydrogen-bond donors (Lipinski definition) is 3. The molecule has 3 N–H and O–H groups in total. The number of hydrogen-bond acceptors (Lipinski definition) is 6. The Bertz CT molecular complexity index is 1820. The molecule has 2 aromatic carbocycles. The molecule has 1 aliphatic rings. The summed E-state index contributed by atoms with van der Waals surface area (Å²) in [5.74, 6) is -1.72. The third kappa shape index (κ3) is 6.55. The molecule has 1 fully saturated rings. The fourth-order valence-corrected chi connectivity index (χ4v) is 5.84. The van der Waals surface area contributed by atoms with Crippen LogP contribution < -0.4 is 5.32 Å². The minimum absolute atomic E-state index is 0.0153. The van der Waals surface area contributed by atoms with Gasteiger partial charge in [0.1, 0.15) is 11.9 Å². The molecule has 5 rings (SSSR count). The number of aromatic nitrogens is 5. The van der Waals surface area contributed by atoms with Crippen LogP contribution in [0.1, 0.15) is 63.2 Å². The molecule has 1 aliphatic heterocycles. The van der Waals surface area contributed by atoms with Gasteiger partial charge < -0.3 is 15.5 Å². The maximum absolute atomic E-state index is 14.7. The topological polar surface area (TPSA) is 151 Å². The molecule has 0 aliphatic carbocycles. The first-order valence-electron chi connectivity index (χ1n) is 14.1. The first-order chi connectivity index (χ1) is 22.1. The molecule has 0 bridgehead atoms. The van der Waals surface area contributed by atoms with Crippen LogP contribution in [0.4, 0.5) is 22.4 Å². The van der Waals surface area contributed by atoms with Gasteiger partial charge in [0.15, 0.2) is 5.82 Å². The van der Waals surface area contributed by atoms with E-state index in [9.17, 15) is 37.4 Å². The highest BCUT2D eigenvalue weighted by molar-refractivity contribution is 6.32. The first kappa shape index (κ1) is 33.5. The van der Waals surface area contributed by atoms with Crippen LogP contribution in [0, 0.1) is 5.41 Å². The predicted octanol–water partition coefficient (Wildman–Crippen LogP) is 5.95. The van der Waals surface area contributed by atoms with Gasteiger partial charge in [0.05, 0.1) is 29.6 Å². The van der Waals surface area contributed by atoms with Crippen molar-refractivity contribution >= 4 is 29.6 Å². The molecule has 47 heavy (non-hydrogen) atoms. The number of carboxylic acid groups (broad SMARTS) is 1. The lowest BCUT2D eigenvalue weighted by Crippen LogP contribution is -2.47. The van der Waals surface area contributed by atoms with Crippen LogP contribution >= 0.6 is 11.6 Å². The third-order valence-corrected chi connectivity index (χ3v) is 7.80. The predicted molar refractivity (Wildman–Crippen MR) is 161 cm³/mol. The lowest BCUT2D eigenvalue weighted by Gasteiger charge is -2.35. The van der Waals surface area contributed by atoms with Crippen molar-refractivity contribution in [2.75, 3.05) is 6.61 Å². The number of carbonyl (C=O) groups excluding carboxylic acids is 1. The number of benzene rings is 2. The number of aliphatic hydroxyl groups is 1. The lowest BCUT2D eigenvalue weighted by molar-refractivity contribution is -0.134. The monoisotopic (exact) mass is 676 g/mol. The number of aliphatic imine (C=N–C) groups is 1. The zero-order valence-corrected chi connectivity index (χ0v) is 25.9. The Labute approximate surface area is 270 Å². The minimum atomic E-state index is -2.99. The summed E-state index contributed by atoms with van der Waals surface area (Å²) in [4.78, 5) is 34.8. The number of amides is 2. The highest BCUT2D eigenvalue weighted by Crippen LogP contribution is 2.43. The van der Waals surface area contributed by atoms with E-state index < -0.39 is 54.4 Å². The molecule has 2 amide bonds. The zero-order chi connectivity index (χ0) is 34.3. The molecule has 2 aromatic heterocycles. The fraction of sp³-hybridized carbons (Fsp3) is 0.333. The van der Waals surface area contributed by atoms with Gasteiger partial charge in [0.2, 0.25) is 5.96 Å². The standard InChI is InChI=1S/C30H29ClF4N8O4/c1-29(2,3)14-30(19-7-4-16(5-8-19)18-11-37-41(12-18)26(34)35)25(45)42(27(40-30)39-28(46)47)22(13-44)17-6-9-20(31)21(10-17)43-24(23(32)33)36-15-38-43/h4-12,15,22-23,26,44H,13-14H2,1-3H3,(H,39,40)(H,46,47)/t22-,30?/m1/s1. The maximum Gasteiger partial charge on any atom is 0.434 e. The van der Waals surface area contributed by atoms with Crippen LogP contribution in [-0.4, -0.2) is 64.2 Å². The van der Waals surface area contributed by atoms with Crippen molar-refractivity contribution in [2.24, 2.45) is 10.4 Å². The van der Waals surface area contributed by atoms with Crippen LogP contribution in [0.3, 0.4) is 0 Å². The van der Waals surface area contributed by atoms with Gasteiger partial charge in [-0.05, 0) is 40.7 Å². The summed E-state index contributed by atoms with van der Waals surface area (Å²) in [6, 6.07) is 9.35. The second-order valence-corrected chi connectivity index (χ2v) is 12.4. The van der Waals surface area contributed by atoms with E-state index >= 15 is 0 Å². The summed E-state index contributed by atoms with van der Waals surface area (Å²) in [6.07, 6.45) is -1.11. The van der Waals surface area contributed by atoms with Gasteiger partial charge in [-0.25, -0.2) is 27.9 Å². The minimum Gasteiger partial charge on any atom is -0.463 e. The molecule has 248 valence electrons. The van der Waals surface area contributed by atoms with E-state index in [0.29, 0.717) is 21.4 Å². The molecule has 0 radical (unpaired) electrons. The first-order valence-corrected chi connectivity index (χ1v) is 14.5. The Morgan fingerprint density at radius 3 is 2.36 bits per heavy atom. The van der Waals surface area contributed by atoms with Gasteiger partial charge in [-0.3, -0.25) is 9.69 Å². The van der Waals surface area contributed by atoms with E-state index in [1.165, 1.54) is 30.6 Å². The number of nitrogens with zero attached hydrogens (tertiary/aromatic N) is 7. The normalized spacial score (nSPS) is 18.4. The van der Waals surface area contributed by atoms with E-state index in [2.05, 4.69) is 25.5 Å². The van der Waals surface area contributed by atoms with Crippen molar-refractivity contribution in [3.63, 3.8) is 0 Å². The van der Waals surface area contributed by atoms with Gasteiger partial charge >= 0.3 is 12.6 Å². The molecule has 3 heterocycles. The van der Waals surface area contributed by atoms with Crippen molar-refractivity contribution < 1.29 is 37.4 Å². The Morgan fingerprint density at radius 1 is 1.09 bits per heavy atom. The van der Waals surface area contributed by atoms with Gasteiger partial charge in [-0.1, -0.05) is 62.7 Å². The van der Waals surface area contributed by atoms with Gasteiger partial charge in [0.25, 0.3) is 12.3 Å². The number of aliphatic hydroxyl groups excluding tert-OH is 1. The average molecular weight is 677 g/mol. The summed E-state index contributed by atoms with van der Waals surface area (Å²) in [6.45, 7) is 2.07. The summed E-state index contributed by atoms with van der Waals surface area (Å²) in [7, 11) is 0. The summed E-state index contributed by atoms with van der Waals surface area (Å²) < 4.78 is 54.8. The molecule has 4 aromatic rings. The van der Waals surface area contributed by atoms with Crippen molar-refractivity contribution in [1.29, 1.82) is 0 Å². The van der Waals surface area contributed by atoms with E-state index in [1.807, 2.05) is 20.8 Å². The van der Waals surface area contributed by atoms with Crippen molar-refractivity contribution in [3.05, 3.63) is 83.2 Å². The summed E-state index contributed by atoms with van der Waals surface area (Å²) in [5.41, 5.74) is -0.608. The van der Waals surface area contributed by atoms with Crippen LogP contribution in [0.2, 0.25) is 5.02 Å². The molecule has 17 heteroatoms. The number of carbonyl (C=O) groups is 2. The zero-order valence-electron chi connectivity index (χ0n) is 25.2. The van der Waals surface area contributed by atoms with Crippen LogP contribution in [-0.2, 0) is 10.3 Å². The highest BCUT2D eigenvalue weighted by atomic mass is 35.5. The largest absolute Gasteiger partial charge is 0.463 e. The van der Waals surface area contributed by atoms with E-state index in [0.717, 1.165) is 15.9 Å². The van der Waals surface area contributed by atoms with Crippen molar-refractivity contribution in [1.82, 2.24) is 34.8 Å². The van der Waals surface area contributed by atoms with E-state index in [4.69, 9.17) is 11.6 Å². The molecule has 12 nitrogen and oxygen atoms in total. The molecule has 1 unspecified atom stereocenters. The molecular formula is C30H29ClF4N8O4. The molecule has 0 spiro atoms. The van der Waals surface area contributed by atoms with E-state index in [1.54, 1.807) is 24.3 Å². The Hall–Kier alpha value is -4.83. The van der Waals surface area contributed by atoms with Gasteiger partial charge in [-0.2, -0.15) is 19.0 Å². The second-order valence-electron chi connectivity index (χ2n) is 12.0. The van der Waals surface area contributed by atoms with Crippen LogP contribution in [0.25, 0.3) is 16.8 Å². The third-order valence-electron chi connectivity index (χ3n) is 7.48. The Kier molecular flexibility index (Phi) is 9.10. The molecule has 1 saturated heterocycles. The average Bonchev–Trinajstić information content (AvgIpc) is 3.74. The number of rotatable bonds is 9. The second kappa shape index (κ2) is 12.8. The van der Waals surface area contributed by atoms with Crippen LogP contribution in [0.15, 0.2) is 66.2 Å². The molecule has 2 atom stereocenters. The van der Waals surface area contributed by atoms with E-state index in [-0.39, 0.29) is 28.7 Å². The van der Waals surface area contributed by atoms with Gasteiger partial charge in [-0.15, -0.1) is 4.99 Å². The lowest BCUT2D eigenvalue weighted by atomic mass is 9.75. The van der Waals surface area contributed by atoms with Crippen LogP contribution in [0.5, 0.6) is 0 Å². The van der Waals surface area contributed by atoms with Crippen molar-refractivity contribution in [3.8, 4) is 16.8 Å². The highest BCUT2D eigenvalue weighted by Gasteiger charge is 2.55. The molecular weight excluding hydrogens is 648 g/mol. The van der Waals surface area contributed by atoms with Crippen molar-refractivity contribution in [2.45, 2.75) is 51.7 Å². The SMILES string of the molecule is CC(C)(C)CC1(c2ccc(-c3cnn(C(F)F)c3)cc2)NC(=NC(=O)O)N([C@H](CO)c2ccc(Cl)c(-n3ncnc3C(F)F)c2)C1=O. The van der Waals surface area contributed by atoms with Gasteiger partial charge in [0, 0.05) is 11.8 Å². The summed E-state index contributed by atoms with van der Waals surface area (Å²) in [5, 5.41) is 30.9. The molecule has 0 saturated carbocycles. The Balaban J connectivity index is 1.61. The smallest absolute Gasteiger partial charge is 0.434 e.